The van der Waals surface area contributed by atoms with E-state index in [4.69, 9.17) is 4.42 Å². The zero-order valence-electron chi connectivity index (χ0n) is 35.4. The van der Waals surface area contributed by atoms with Gasteiger partial charge in [0.25, 0.3) is 0 Å². The molecule has 1 aromatic heterocycles. The monoisotopic (exact) mass is 795 g/mol. The molecule has 0 amide bonds. The van der Waals surface area contributed by atoms with Gasteiger partial charge in [0, 0.05) is 44.2 Å². The minimum Gasteiger partial charge on any atom is -0.455 e. The number of furan rings is 1. The van der Waals surface area contributed by atoms with Crippen LogP contribution >= 0.6 is 0 Å². The summed E-state index contributed by atoms with van der Waals surface area (Å²) in [5.74, 6) is 0. The van der Waals surface area contributed by atoms with E-state index in [1.54, 1.807) is 0 Å². The summed E-state index contributed by atoms with van der Waals surface area (Å²) in [6, 6.07) is 73.5. The van der Waals surface area contributed by atoms with Gasteiger partial charge in [0.05, 0.1) is 0 Å². The highest BCUT2D eigenvalue weighted by atomic mass is 16.3. The Morgan fingerprint density at radius 1 is 0.323 bits per heavy atom. The van der Waals surface area contributed by atoms with Crippen molar-refractivity contribution in [3.63, 3.8) is 0 Å². The first kappa shape index (κ1) is 36.4. The molecule has 0 saturated heterocycles. The lowest BCUT2D eigenvalue weighted by atomic mass is 9.81. The van der Waals surface area contributed by atoms with Crippen LogP contribution in [0.1, 0.15) is 49.9 Å². The fraction of sp³-hybridized carbons (Fsp3) is 0.100. The Kier molecular flexibility index (Phi) is 7.96. The molecular weight excluding hydrogens is 751 g/mol. The van der Waals surface area contributed by atoms with Gasteiger partial charge in [-0.05, 0) is 127 Å². The predicted molar refractivity (Wildman–Crippen MR) is 260 cm³/mol. The molecule has 9 aromatic carbocycles. The third-order valence-electron chi connectivity index (χ3n) is 13.9. The van der Waals surface area contributed by atoms with Crippen LogP contribution in [0.15, 0.2) is 205 Å². The maximum absolute atomic E-state index is 6.46. The normalized spacial score (nSPS) is 14.1. The van der Waals surface area contributed by atoms with Crippen LogP contribution in [0.5, 0.6) is 0 Å². The van der Waals surface area contributed by atoms with Gasteiger partial charge < -0.3 is 9.32 Å². The highest BCUT2D eigenvalue weighted by molar-refractivity contribution is 6.09. The van der Waals surface area contributed by atoms with E-state index in [-0.39, 0.29) is 10.8 Å². The Balaban J connectivity index is 0.952. The summed E-state index contributed by atoms with van der Waals surface area (Å²) in [6.07, 6.45) is 0. The largest absolute Gasteiger partial charge is 0.455 e. The molecule has 10 aromatic rings. The van der Waals surface area contributed by atoms with Gasteiger partial charge in [-0.25, -0.2) is 0 Å². The lowest BCUT2D eigenvalue weighted by Crippen LogP contribution is -2.16. The summed E-state index contributed by atoms with van der Waals surface area (Å²) in [6.45, 7) is 9.45. The number of hydrogen-bond acceptors (Lipinski definition) is 2. The number of anilines is 3. The van der Waals surface area contributed by atoms with Gasteiger partial charge in [-0.3, -0.25) is 0 Å². The van der Waals surface area contributed by atoms with Crippen LogP contribution in [0.2, 0.25) is 0 Å². The SMILES string of the molecule is CC1(C)c2ccccc2-c2ccc(-c3ccc(N(c4ccc(-c5cccc6c5oc5ccccc56)cc4)c4ccc5c(c4)C(C)(C)c4cc(-c6ccccc6)ccc4-5)cc3)cc21. The number of para-hydroxylation sites is 2. The molecule has 0 spiro atoms. The lowest BCUT2D eigenvalue weighted by Gasteiger charge is -2.28. The number of hydrogen-bond donors (Lipinski definition) is 0. The smallest absolute Gasteiger partial charge is 0.143 e. The molecule has 0 aliphatic heterocycles. The van der Waals surface area contributed by atoms with Crippen molar-refractivity contribution in [3.8, 4) is 55.6 Å². The molecule has 0 unspecified atom stereocenters. The van der Waals surface area contributed by atoms with Crippen LogP contribution in [0.3, 0.4) is 0 Å². The number of fused-ring (bicyclic) bond motifs is 9. The third kappa shape index (κ3) is 5.49. The molecule has 2 nitrogen and oxygen atoms in total. The van der Waals surface area contributed by atoms with Gasteiger partial charge in [-0.15, -0.1) is 0 Å². The van der Waals surface area contributed by atoms with Gasteiger partial charge in [-0.2, -0.15) is 0 Å². The predicted octanol–water partition coefficient (Wildman–Crippen LogP) is 16.7. The van der Waals surface area contributed by atoms with Gasteiger partial charge in [0.2, 0.25) is 0 Å². The quantitative estimate of drug-likeness (QED) is 0.167. The maximum atomic E-state index is 6.46. The molecule has 2 aliphatic rings. The van der Waals surface area contributed by atoms with Crippen molar-refractivity contribution in [1.29, 1.82) is 0 Å². The molecule has 62 heavy (non-hydrogen) atoms. The summed E-state index contributed by atoms with van der Waals surface area (Å²) in [5.41, 5.74) is 22.9. The third-order valence-corrected chi connectivity index (χ3v) is 13.9. The van der Waals surface area contributed by atoms with Crippen molar-refractivity contribution in [2.75, 3.05) is 4.90 Å². The van der Waals surface area contributed by atoms with Crippen molar-refractivity contribution in [2.24, 2.45) is 0 Å². The second kappa shape index (κ2) is 13.5. The van der Waals surface area contributed by atoms with Gasteiger partial charge in [-0.1, -0.05) is 173 Å². The topological polar surface area (TPSA) is 16.4 Å². The number of nitrogens with zero attached hydrogens (tertiary/aromatic N) is 1. The number of benzene rings is 9. The maximum Gasteiger partial charge on any atom is 0.143 e. The van der Waals surface area contributed by atoms with Crippen LogP contribution in [0.4, 0.5) is 17.1 Å². The Hall–Kier alpha value is -7.42. The van der Waals surface area contributed by atoms with Crippen LogP contribution in [-0.2, 0) is 10.8 Å². The average Bonchev–Trinajstić information content (AvgIpc) is 3.89. The minimum atomic E-state index is -0.183. The van der Waals surface area contributed by atoms with Crippen molar-refractivity contribution < 1.29 is 4.42 Å². The molecule has 0 N–H and O–H groups in total. The molecule has 1 heterocycles. The van der Waals surface area contributed by atoms with Gasteiger partial charge >= 0.3 is 0 Å². The average molecular weight is 796 g/mol. The van der Waals surface area contributed by atoms with Gasteiger partial charge in [0.15, 0.2) is 0 Å². The molecule has 0 saturated carbocycles. The Morgan fingerprint density at radius 2 is 0.790 bits per heavy atom. The van der Waals surface area contributed by atoms with Crippen molar-refractivity contribution >= 4 is 39.0 Å². The van der Waals surface area contributed by atoms with E-state index in [1.165, 1.54) is 66.8 Å². The van der Waals surface area contributed by atoms with E-state index in [9.17, 15) is 0 Å². The van der Waals surface area contributed by atoms with Crippen molar-refractivity contribution in [1.82, 2.24) is 0 Å². The highest BCUT2D eigenvalue weighted by Gasteiger charge is 2.37. The molecule has 12 rings (SSSR count). The Bertz CT molecular complexity index is 3390. The van der Waals surface area contributed by atoms with E-state index in [2.05, 4.69) is 221 Å². The minimum absolute atomic E-state index is 0.0507. The second-order valence-electron chi connectivity index (χ2n) is 18.1. The molecular formula is C60H45NO. The van der Waals surface area contributed by atoms with Crippen LogP contribution in [0.25, 0.3) is 77.6 Å². The van der Waals surface area contributed by atoms with Crippen molar-refractivity contribution in [2.45, 2.75) is 38.5 Å². The second-order valence-corrected chi connectivity index (χ2v) is 18.1. The van der Waals surface area contributed by atoms with Crippen LogP contribution in [-0.4, -0.2) is 0 Å². The van der Waals surface area contributed by atoms with E-state index >= 15 is 0 Å². The summed E-state index contributed by atoms with van der Waals surface area (Å²) in [5, 5.41) is 2.28. The highest BCUT2D eigenvalue weighted by Crippen LogP contribution is 2.53. The Morgan fingerprint density at radius 3 is 1.48 bits per heavy atom. The van der Waals surface area contributed by atoms with E-state index in [0.717, 1.165) is 50.1 Å². The molecule has 2 aliphatic carbocycles. The number of rotatable bonds is 6. The molecule has 2 heteroatoms. The van der Waals surface area contributed by atoms with E-state index in [0.29, 0.717) is 0 Å². The molecule has 296 valence electrons. The van der Waals surface area contributed by atoms with Crippen LogP contribution < -0.4 is 4.90 Å². The zero-order chi connectivity index (χ0) is 41.7. The molecule has 0 radical (unpaired) electrons. The standard InChI is InChI=1S/C60H45NO/c1-59(2)53-19-10-8-15-47(53)48-32-26-42(36-54(48)59)39-21-27-43(28-22-39)61(44-29-23-40(24-30-44)46-17-12-18-52-51-16-9-11-20-57(51)62-58(46)52)45-31-34-50-49-33-25-41(38-13-6-5-7-14-38)35-55(49)60(3,4)56(50)37-45/h5-37H,1-4H3. The fourth-order valence-corrected chi connectivity index (χ4v) is 10.6. The van der Waals surface area contributed by atoms with E-state index in [1.807, 2.05) is 12.1 Å². The van der Waals surface area contributed by atoms with Crippen LogP contribution in [0, 0.1) is 0 Å². The zero-order valence-corrected chi connectivity index (χ0v) is 35.4. The molecule has 0 bridgehead atoms. The van der Waals surface area contributed by atoms with Crippen molar-refractivity contribution in [3.05, 3.63) is 222 Å². The summed E-state index contributed by atoms with van der Waals surface area (Å²) < 4.78 is 6.46. The first-order valence-corrected chi connectivity index (χ1v) is 21.7. The molecule has 0 fully saturated rings. The first-order chi connectivity index (χ1) is 30.2. The fourth-order valence-electron chi connectivity index (χ4n) is 10.6. The summed E-state index contributed by atoms with van der Waals surface area (Å²) in [7, 11) is 0. The summed E-state index contributed by atoms with van der Waals surface area (Å²) >= 11 is 0. The van der Waals surface area contributed by atoms with Gasteiger partial charge in [0.1, 0.15) is 11.2 Å². The van der Waals surface area contributed by atoms with E-state index < -0.39 is 0 Å². The lowest BCUT2D eigenvalue weighted by molar-refractivity contribution is 0.660. The molecule has 0 atom stereocenters. The summed E-state index contributed by atoms with van der Waals surface area (Å²) in [4.78, 5) is 2.41. The first-order valence-electron chi connectivity index (χ1n) is 21.7. The Labute approximate surface area is 363 Å².